The Bertz CT molecular complexity index is 494. The number of nitrogens with one attached hydrogen (secondary N) is 1. The number of rotatable bonds is 8. The van der Waals surface area contributed by atoms with E-state index in [4.69, 9.17) is 4.74 Å². The van der Waals surface area contributed by atoms with Gasteiger partial charge in [-0.1, -0.05) is 13.8 Å². The molecule has 0 bridgehead atoms. The van der Waals surface area contributed by atoms with Crippen LogP contribution in [0, 0.1) is 0 Å². The molecule has 0 unspecified atom stereocenters. The normalized spacial score (nSPS) is 10.0. The number of hydrogen-bond acceptors (Lipinski definition) is 4. The van der Waals surface area contributed by atoms with Gasteiger partial charge in [0, 0.05) is 18.4 Å². The predicted octanol–water partition coefficient (Wildman–Crippen LogP) is 2.49. The molecule has 1 rings (SSSR count). The van der Waals surface area contributed by atoms with Crippen LogP contribution in [0.15, 0.2) is 24.3 Å². The quantitative estimate of drug-likeness (QED) is 0.454. The summed E-state index contributed by atoms with van der Waals surface area (Å²) in [6, 6.07) is 6.33. The molecule has 0 aliphatic rings. The minimum absolute atomic E-state index is 0.0200. The molecular formula is C16H21NO4. The van der Waals surface area contributed by atoms with Crippen LogP contribution in [-0.4, -0.2) is 24.2 Å². The van der Waals surface area contributed by atoms with Gasteiger partial charge in [0.05, 0.1) is 6.54 Å². The Morgan fingerprint density at radius 3 is 2.19 bits per heavy atom. The van der Waals surface area contributed by atoms with E-state index in [9.17, 15) is 14.4 Å². The molecule has 1 N–H and O–H groups in total. The van der Waals surface area contributed by atoms with Crippen LogP contribution in [0.2, 0.25) is 0 Å². The average Bonchev–Trinajstić information content (AvgIpc) is 2.46. The number of carbonyl (C=O) groups excluding carboxylic acids is 3. The molecule has 0 aliphatic carbocycles. The summed E-state index contributed by atoms with van der Waals surface area (Å²) in [4.78, 5) is 34.5. The number of benzene rings is 1. The van der Waals surface area contributed by atoms with Crippen molar-refractivity contribution in [2.24, 2.45) is 0 Å². The molecule has 0 aromatic heterocycles. The summed E-state index contributed by atoms with van der Waals surface area (Å²) >= 11 is 0. The predicted molar refractivity (Wildman–Crippen MR) is 79.2 cm³/mol. The lowest BCUT2D eigenvalue weighted by molar-refractivity contribution is -0.134. The number of ether oxygens (including phenoxy) is 1. The number of Topliss-reactive ketones (excluding diaryl/α,β-unsaturated/α-hetero) is 1. The molecule has 5 heteroatoms. The highest BCUT2D eigenvalue weighted by atomic mass is 16.5. The van der Waals surface area contributed by atoms with Crippen molar-refractivity contribution in [1.29, 1.82) is 0 Å². The van der Waals surface area contributed by atoms with E-state index in [1.54, 1.807) is 24.3 Å². The lowest BCUT2D eigenvalue weighted by atomic mass is 10.1. The first-order chi connectivity index (χ1) is 10.1. The number of hydrogen-bond donors (Lipinski definition) is 1. The Hall–Kier alpha value is -2.17. The highest BCUT2D eigenvalue weighted by Crippen LogP contribution is 2.13. The fourth-order valence-electron chi connectivity index (χ4n) is 1.69. The maximum atomic E-state index is 11.9. The molecule has 0 radical (unpaired) electrons. The van der Waals surface area contributed by atoms with Crippen LogP contribution in [0.25, 0.3) is 0 Å². The Morgan fingerprint density at radius 2 is 1.62 bits per heavy atom. The zero-order valence-corrected chi connectivity index (χ0v) is 12.5. The van der Waals surface area contributed by atoms with Gasteiger partial charge in [-0.3, -0.25) is 14.4 Å². The maximum absolute atomic E-state index is 11.9. The van der Waals surface area contributed by atoms with E-state index >= 15 is 0 Å². The van der Waals surface area contributed by atoms with Crippen molar-refractivity contribution in [3.63, 3.8) is 0 Å². The molecule has 1 amide bonds. The van der Waals surface area contributed by atoms with Crippen molar-refractivity contribution >= 4 is 17.7 Å². The van der Waals surface area contributed by atoms with Gasteiger partial charge in [0.2, 0.25) is 5.91 Å². The maximum Gasteiger partial charge on any atom is 0.311 e. The number of amides is 1. The number of carbonyl (C=O) groups is 3. The van der Waals surface area contributed by atoms with Gasteiger partial charge in [0.15, 0.2) is 5.78 Å². The fourth-order valence-corrected chi connectivity index (χ4v) is 1.69. The highest BCUT2D eigenvalue weighted by Gasteiger charge is 2.09. The topological polar surface area (TPSA) is 72.5 Å². The van der Waals surface area contributed by atoms with Crippen LogP contribution in [-0.2, 0) is 9.59 Å². The van der Waals surface area contributed by atoms with E-state index in [0.717, 1.165) is 12.8 Å². The van der Waals surface area contributed by atoms with Crippen molar-refractivity contribution < 1.29 is 19.1 Å². The summed E-state index contributed by atoms with van der Waals surface area (Å²) in [5, 5.41) is 2.57. The van der Waals surface area contributed by atoms with Crippen LogP contribution in [0.5, 0.6) is 5.75 Å². The van der Waals surface area contributed by atoms with Crippen LogP contribution < -0.4 is 10.1 Å². The first-order valence-corrected chi connectivity index (χ1v) is 7.17. The number of ketones is 1. The molecule has 0 atom stereocenters. The lowest BCUT2D eigenvalue weighted by Crippen LogP contribution is -2.29. The Labute approximate surface area is 124 Å². The second kappa shape index (κ2) is 8.89. The summed E-state index contributed by atoms with van der Waals surface area (Å²) < 4.78 is 5.10. The van der Waals surface area contributed by atoms with Crippen molar-refractivity contribution in [2.45, 2.75) is 39.5 Å². The highest BCUT2D eigenvalue weighted by molar-refractivity contribution is 5.99. The van der Waals surface area contributed by atoms with Crippen molar-refractivity contribution in [3.05, 3.63) is 29.8 Å². The summed E-state index contributed by atoms with van der Waals surface area (Å²) in [7, 11) is 0. The molecule has 1 aromatic carbocycles. The van der Waals surface area contributed by atoms with E-state index in [-0.39, 0.29) is 24.2 Å². The molecule has 21 heavy (non-hydrogen) atoms. The minimum Gasteiger partial charge on any atom is -0.427 e. The van der Waals surface area contributed by atoms with Gasteiger partial charge in [0.1, 0.15) is 5.75 Å². The molecular weight excluding hydrogens is 270 g/mol. The smallest absolute Gasteiger partial charge is 0.311 e. The number of esters is 1. The monoisotopic (exact) mass is 291 g/mol. The van der Waals surface area contributed by atoms with Crippen molar-refractivity contribution in [2.75, 3.05) is 6.54 Å². The first-order valence-electron chi connectivity index (χ1n) is 7.17. The standard InChI is InChI=1S/C16H21NO4/c1-3-5-15(19)17-11-14(18)12-7-9-13(10-8-12)21-16(20)6-4-2/h7-10H,3-6,11H2,1-2H3,(H,17,19). The van der Waals surface area contributed by atoms with Gasteiger partial charge < -0.3 is 10.1 Å². The molecule has 0 saturated heterocycles. The third-order valence-corrected chi connectivity index (χ3v) is 2.79. The molecule has 0 aliphatic heterocycles. The van der Waals surface area contributed by atoms with E-state index in [2.05, 4.69) is 5.32 Å². The van der Waals surface area contributed by atoms with Gasteiger partial charge in [-0.15, -0.1) is 0 Å². The molecule has 0 fully saturated rings. The Kier molecular flexibility index (Phi) is 7.15. The van der Waals surface area contributed by atoms with E-state index < -0.39 is 0 Å². The van der Waals surface area contributed by atoms with Gasteiger partial charge in [-0.05, 0) is 37.1 Å². The zero-order valence-electron chi connectivity index (χ0n) is 12.5. The molecule has 5 nitrogen and oxygen atoms in total. The summed E-state index contributed by atoms with van der Waals surface area (Å²) in [5.74, 6) is -0.176. The van der Waals surface area contributed by atoms with Gasteiger partial charge in [-0.25, -0.2) is 0 Å². The SMILES string of the molecule is CCCC(=O)NCC(=O)c1ccc(OC(=O)CCC)cc1. The molecule has 0 saturated carbocycles. The van der Waals surface area contributed by atoms with Crippen molar-refractivity contribution in [1.82, 2.24) is 5.32 Å². The average molecular weight is 291 g/mol. The van der Waals surface area contributed by atoms with E-state index in [1.807, 2.05) is 13.8 Å². The van der Waals surface area contributed by atoms with Crippen LogP contribution in [0.4, 0.5) is 0 Å². The van der Waals surface area contributed by atoms with Crippen LogP contribution in [0.3, 0.4) is 0 Å². The third-order valence-electron chi connectivity index (χ3n) is 2.79. The first kappa shape index (κ1) is 16.9. The largest absolute Gasteiger partial charge is 0.427 e. The van der Waals surface area contributed by atoms with Crippen LogP contribution in [0.1, 0.15) is 49.9 Å². The summed E-state index contributed by atoms with van der Waals surface area (Å²) in [6.45, 7) is 3.78. The molecule has 1 aromatic rings. The summed E-state index contributed by atoms with van der Waals surface area (Å²) in [6.07, 6.45) is 2.26. The van der Waals surface area contributed by atoms with E-state index in [0.29, 0.717) is 24.2 Å². The molecule has 0 spiro atoms. The fraction of sp³-hybridized carbons (Fsp3) is 0.438. The molecule has 114 valence electrons. The zero-order chi connectivity index (χ0) is 15.7. The molecule has 0 heterocycles. The Balaban J connectivity index is 2.51. The van der Waals surface area contributed by atoms with E-state index in [1.165, 1.54) is 0 Å². The van der Waals surface area contributed by atoms with Crippen molar-refractivity contribution in [3.8, 4) is 5.75 Å². The minimum atomic E-state index is -0.289. The summed E-state index contributed by atoms with van der Waals surface area (Å²) in [5.41, 5.74) is 0.474. The second-order valence-electron chi connectivity index (χ2n) is 4.70. The van der Waals surface area contributed by atoms with Crippen LogP contribution >= 0.6 is 0 Å². The van der Waals surface area contributed by atoms with Gasteiger partial charge >= 0.3 is 5.97 Å². The lowest BCUT2D eigenvalue weighted by Gasteiger charge is -2.06. The third kappa shape index (κ3) is 6.21. The second-order valence-corrected chi connectivity index (χ2v) is 4.70. The van der Waals surface area contributed by atoms with Gasteiger partial charge in [-0.2, -0.15) is 0 Å². The Morgan fingerprint density at radius 1 is 1.00 bits per heavy atom. The van der Waals surface area contributed by atoms with Gasteiger partial charge in [0.25, 0.3) is 0 Å².